The maximum Gasteiger partial charge on any atom is 0.379 e. The molecule has 0 saturated carbocycles. The van der Waals surface area contributed by atoms with Gasteiger partial charge in [-0.3, -0.25) is 0 Å². The number of fused-ring (bicyclic) bond motifs is 1. The van der Waals surface area contributed by atoms with Crippen LogP contribution in [0.15, 0.2) is 51.7 Å². The summed E-state index contributed by atoms with van der Waals surface area (Å²) in [4.78, 5) is 12.2. The van der Waals surface area contributed by atoms with Crippen LogP contribution in [0, 0.1) is 0 Å². The molecule has 0 aliphatic carbocycles. The third-order valence-electron chi connectivity index (χ3n) is 3.64. The molecule has 0 N–H and O–H groups in total. The second-order valence-electron chi connectivity index (χ2n) is 4.84. The van der Waals surface area contributed by atoms with Crippen LogP contribution in [-0.2, 0) is 0 Å². The number of ether oxygens (including phenoxy) is 3. The number of hydrogen-bond donors (Lipinski definition) is 0. The average molecular weight is 312 g/mol. The van der Waals surface area contributed by atoms with Gasteiger partial charge < -0.3 is 18.6 Å². The molecule has 1 aromatic heterocycles. The lowest BCUT2D eigenvalue weighted by atomic mass is 10.00. The lowest BCUT2D eigenvalue weighted by molar-refractivity contribution is 0.356. The second-order valence-corrected chi connectivity index (χ2v) is 4.84. The van der Waals surface area contributed by atoms with Crippen molar-refractivity contribution in [2.75, 3.05) is 21.3 Å². The Morgan fingerprint density at radius 3 is 2.13 bits per heavy atom. The molecule has 0 atom stereocenters. The van der Waals surface area contributed by atoms with Gasteiger partial charge in [0, 0.05) is 5.56 Å². The molecule has 3 rings (SSSR count). The fourth-order valence-electron chi connectivity index (χ4n) is 2.66. The van der Waals surface area contributed by atoms with Crippen LogP contribution in [0.2, 0.25) is 0 Å². The van der Waals surface area contributed by atoms with Crippen molar-refractivity contribution in [3.63, 3.8) is 0 Å². The maximum absolute atomic E-state index is 12.2. The van der Waals surface area contributed by atoms with E-state index in [1.165, 1.54) is 7.11 Å². The van der Waals surface area contributed by atoms with Gasteiger partial charge in [-0.05, 0) is 17.7 Å². The zero-order chi connectivity index (χ0) is 16.4. The summed E-state index contributed by atoms with van der Waals surface area (Å²) < 4.78 is 21.5. The Balaban J connectivity index is 2.54. The van der Waals surface area contributed by atoms with Gasteiger partial charge in [-0.25, -0.2) is 4.79 Å². The Hall–Kier alpha value is -2.95. The SMILES string of the molecule is COc1ccc2oc(=O)c(OC)c(-c3ccccc3)c2c1OC. The first-order valence-electron chi connectivity index (χ1n) is 7.02. The fraction of sp³-hybridized carbons (Fsp3) is 0.167. The Kier molecular flexibility index (Phi) is 3.93. The van der Waals surface area contributed by atoms with Crippen molar-refractivity contribution in [3.8, 4) is 28.4 Å². The van der Waals surface area contributed by atoms with Crippen LogP contribution in [0.25, 0.3) is 22.1 Å². The Morgan fingerprint density at radius 2 is 1.52 bits per heavy atom. The molecule has 5 nitrogen and oxygen atoms in total. The van der Waals surface area contributed by atoms with Crippen molar-refractivity contribution in [1.82, 2.24) is 0 Å². The molecule has 0 spiro atoms. The molecule has 23 heavy (non-hydrogen) atoms. The summed E-state index contributed by atoms with van der Waals surface area (Å²) >= 11 is 0. The minimum absolute atomic E-state index is 0.134. The molecule has 0 radical (unpaired) electrons. The average Bonchev–Trinajstić information content (AvgIpc) is 2.60. The second kappa shape index (κ2) is 6.04. The van der Waals surface area contributed by atoms with E-state index in [0.717, 1.165) is 5.56 Å². The van der Waals surface area contributed by atoms with E-state index in [2.05, 4.69) is 0 Å². The quantitative estimate of drug-likeness (QED) is 0.690. The van der Waals surface area contributed by atoms with Crippen molar-refractivity contribution in [2.45, 2.75) is 0 Å². The largest absolute Gasteiger partial charge is 0.493 e. The highest BCUT2D eigenvalue weighted by Gasteiger charge is 2.22. The molecule has 2 aromatic carbocycles. The van der Waals surface area contributed by atoms with Crippen LogP contribution >= 0.6 is 0 Å². The monoisotopic (exact) mass is 312 g/mol. The van der Waals surface area contributed by atoms with E-state index >= 15 is 0 Å². The topological polar surface area (TPSA) is 57.9 Å². The molecule has 0 unspecified atom stereocenters. The van der Waals surface area contributed by atoms with E-state index in [1.807, 2.05) is 30.3 Å². The highest BCUT2D eigenvalue weighted by Crippen LogP contribution is 2.43. The van der Waals surface area contributed by atoms with Crippen LogP contribution in [0.1, 0.15) is 0 Å². The van der Waals surface area contributed by atoms with Crippen molar-refractivity contribution < 1.29 is 18.6 Å². The normalized spacial score (nSPS) is 10.6. The number of rotatable bonds is 4. The molecule has 1 heterocycles. The van der Waals surface area contributed by atoms with Gasteiger partial charge in [0.15, 0.2) is 11.5 Å². The molecule has 0 saturated heterocycles. The van der Waals surface area contributed by atoms with Crippen molar-refractivity contribution in [3.05, 3.63) is 52.9 Å². The van der Waals surface area contributed by atoms with Gasteiger partial charge in [0.05, 0.1) is 26.7 Å². The molecular weight excluding hydrogens is 296 g/mol. The molecule has 0 aliphatic rings. The molecule has 0 fully saturated rings. The van der Waals surface area contributed by atoms with Crippen LogP contribution in [0.4, 0.5) is 0 Å². The minimum Gasteiger partial charge on any atom is -0.493 e. The summed E-state index contributed by atoms with van der Waals surface area (Å²) in [5, 5.41) is 0.634. The first-order chi connectivity index (χ1) is 11.2. The van der Waals surface area contributed by atoms with Gasteiger partial charge in [0.2, 0.25) is 5.75 Å². The van der Waals surface area contributed by atoms with Gasteiger partial charge in [-0.2, -0.15) is 0 Å². The van der Waals surface area contributed by atoms with E-state index in [4.69, 9.17) is 18.6 Å². The van der Waals surface area contributed by atoms with Crippen LogP contribution in [0.5, 0.6) is 17.2 Å². The van der Waals surface area contributed by atoms with Crippen molar-refractivity contribution >= 4 is 11.0 Å². The first-order valence-corrected chi connectivity index (χ1v) is 7.02. The van der Waals surface area contributed by atoms with Crippen molar-refractivity contribution in [2.24, 2.45) is 0 Å². The molecule has 0 amide bonds. The Morgan fingerprint density at radius 1 is 0.826 bits per heavy atom. The lowest BCUT2D eigenvalue weighted by Crippen LogP contribution is -2.07. The van der Waals surface area contributed by atoms with Gasteiger partial charge in [0.25, 0.3) is 0 Å². The summed E-state index contributed by atoms with van der Waals surface area (Å²) in [5.41, 5.74) is 1.32. The van der Waals surface area contributed by atoms with E-state index in [-0.39, 0.29) is 5.75 Å². The molecule has 0 aliphatic heterocycles. The van der Waals surface area contributed by atoms with E-state index in [1.54, 1.807) is 26.4 Å². The summed E-state index contributed by atoms with van der Waals surface area (Å²) in [6.45, 7) is 0. The van der Waals surface area contributed by atoms with Crippen LogP contribution in [-0.4, -0.2) is 21.3 Å². The Bertz CT molecular complexity index is 897. The van der Waals surface area contributed by atoms with Gasteiger partial charge in [0.1, 0.15) is 5.58 Å². The smallest absolute Gasteiger partial charge is 0.379 e. The molecule has 3 aromatic rings. The van der Waals surface area contributed by atoms with E-state index < -0.39 is 5.63 Å². The van der Waals surface area contributed by atoms with Crippen LogP contribution in [0.3, 0.4) is 0 Å². The Labute approximate surface area is 133 Å². The summed E-state index contributed by atoms with van der Waals surface area (Å²) in [5.74, 6) is 1.18. The molecular formula is C18H16O5. The third-order valence-corrected chi connectivity index (χ3v) is 3.64. The maximum atomic E-state index is 12.2. The molecule has 0 bridgehead atoms. The predicted molar refractivity (Wildman–Crippen MR) is 87.6 cm³/mol. The summed E-state index contributed by atoms with van der Waals surface area (Å²) in [6.07, 6.45) is 0. The highest BCUT2D eigenvalue weighted by atomic mass is 16.5. The van der Waals surface area contributed by atoms with Gasteiger partial charge in [-0.15, -0.1) is 0 Å². The van der Waals surface area contributed by atoms with E-state index in [9.17, 15) is 4.79 Å². The van der Waals surface area contributed by atoms with E-state index in [0.29, 0.717) is 28.0 Å². The van der Waals surface area contributed by atoms with Crippen LogP contribution < -0.4 is 19.8 Å². The third kappa shape index (κ3) is 2.40. The first kappa shape index (κ1) is 15.0. The van der Waals surface area contributed by atoms with Gasteiger partial charge in [-0.1, -0.05) is 30.3 Å². The fourth-order valence-corrected chi connectivity index (χ4v) is 2.66. The number of hydrogen-bond acceptors (Lipinski definition) is 5. The van der Waals surface area contributed by atoms with Crippen molar-refractivity contribution in [1.29, 1.82) is 0 Å². The number of methoxy groups -OCH3 is 3. The van der Waals surface area contributed by atoms with Gasteiger partial charge >= 0.3 is 5.63 Å². The molecule has 118 valence electrons. The minimum atomic E-state index is -0.536. The lowest BCUT2D eigenvalue weighted by Gasteiger charge is -2.15. The zero-order valence-corrected chi connectivity index (χ0v) is 13.1. The summed E-state index contributed by atoms with van der Waals surface area (Å²) in [6, 6.07) is 12.9. The molecule has 5 heteroatoms. The number of benzene rings is 2. The zero-order valence-electron chi connectivity index (χ0n) is 13.1. The standard InChI is InChI=1S/C18H16O5/c1-20-13-10-9-12-15(16(13)21-2)14(11-7-5-4-6-8-11)17(22-3)18(19)23-12/h4-10H,1-3H3. The predicted octanol–water partition coefficient (Wildman–Crippen LogP) is 3.49. The highest BCUT2D eigenvalue weighted by molar-refractivity contribution is 6.01. The summed E-state index contributed by atoms with van der Waals surface area (Å²) in [7, 11) is 4.54.